The monoisotopic (exact) mass is 322 g/mol. The smallest absolute Gasteiger partial charge is 0.254 e. The highest BCUT2D eigenvalue weighted by molar-refractivity contribution is 7.99. The van der Waals surface area contributed by atoms with Crippen LogP contribution in [0, 0.1) is 0 Å². The van der Waals surface area contributed by atoms with E-state index in [0.717, 1.165) is 49.2 Å². The van der Waals surface area contributed by atoms with Gasteiger partial charge >= 0.3 is 0 Å². The lowest BCUT2D eigenvalue weighted by molar-refractivity contribution is -0.133. The number of carbonyl (C=O) groups is 1. The molecular weight excluding hydrogens is 300 g/mol. The number of thioether (sulfide) groups is 1. The summed E-state index contributed by atoms with van der Waals surface area (Å²) in [7, 11) is 2.07. The molecule has 0 radical (unpaired) electrons. The Morgan fingerprint density at radius 1 is 1.36 bits per heavy atom. The molecule has 120 valence electrons. The van der Waals surface area contributed by atoms with Gasteiger partial charge in [0.2, 0.25) is 5.91 Å². The minimum atomic E-state index is -0.0573. The average Bonchev–Trinajstić information content (AvgIpc) is 2.91. The van der Waals surface area contributed by atoms with Crippen LogP contribution in [-0.4, -0.2) is 64.2 Å². The number of rotatable bonds is 3. The summed E-state index contributed by atoms with van der Waals surface area (Å²) < 4.78 is 1.71. The molecule has 0 saturated carbocycles. The molecule has 0 aromatic carbocycles. The van der Waals surface area contributed by atoms with Gasteiger partial charge in [-0.05, 0) is 13.5 Å². The van der Waals surface area contributed by atoms with Gasteiger partial charge in [0.05, 0.1) is 6.04 Å². The fourth-order valence-corrected chi connectivity index (χ4v) is 4.08. The van der Waals surface area contributed by atoms with Crippen LogP contribution in [0.5, 0.6) is 0 Å². The number of fused-ring (bicyclic) bond motifs is 1. The van der Waals surface area contributed by atoms with Gasteiger partial charge in [-0.1, -0.05) is 18.7 Å². The predicted octanol–water partition coefficient (Wildman–Crippen LogP) is 0.617. The summed E-state index contributed by atoms with van der Waals surface area (Å²) in [5, 5.41) is 0.764. The second-order valence-corrected chi connectivity index (χ2v) is 6.93. The normalized spacial score (nSPS) is 21.9. The molecule has 1 atom stereocenters. The van der Waals surface area contributed by atoms with Gasteiger partial charge < -0.3 is 9.80 Å². The van der Waals surface area contributed by atoms with E-state index in [2.05, 4.69) is 16.9 Å². The largest absolute Gasteiger partial charge is 0.340 e. The molecule has 0 bridgehead atoms. The Labute approximate surface area is 134 Å². The van der Waals surface area contributed by atoms with Crippen LogP contribution in [0.3, 0.4) is 0 Å². The van der Waals surface area contributed by atoms with Crippen LogP contribution < -0.4 is 5.56 Å². The molecule has 2 aliphatic rings. The van der Waals surface area contributed by atoms with Crippen molar-refractivity contribution in [3.05, 3.63) is 22.1 Å². The Hall–Kier alpha value is -1.34. The molecule has 22 heavy (non-hydrogen) atoms. The van der Waals surface area contributed by atoms with E-state index in [0.29, 0.717) is 6.42 Å². The Bertz CT molecular complexity index is 622. The lowest BCUT2D eigenvalue weighted by Gasteiger charge is -2.33. The van der Waals surface area contributed by atoms with E-state index < -0.39 is 0 Å². The fourth-order valence-electron chi connectivity index (χ4n) is 2.92. The lowest BCUT2D eigenvalue weighted by atomic mass is 10.2. The van der Waals surface area contributed by atoms with Gasteiger partial charge in [-0.3, -0.25) is 14.2 Å². The second kappa shape index (κ2) is 6.42. The van der Waals surface area contributed by atoms with Crippen LogP contribution in [0.2, 0.25) is 0 Å². The van der Waals surface area contributed by atoms with Crippen molar-refractivity contribution in [3.63, 3.8) is 0 Å². The predicted molar refractivity (Wildman–Crippen MR) is 86.3 cm³/mol. The summed E-state index contributed by atoms with van der Waals surface area (Å²) in [6.45, 7) is 5.40. The molecule has 6 nitrogen and oxygen atoms in total. The molecule has 3 rings (SSSR count). The van der Waals surface area contributed by atoms with E-state index in [4.69, 9.17) is 0 Å². The third-order valence-corrected chi connectivity index (χ3v) is 5.47. The molecule has 0 N–H and O–H groups in total. The summed E-state index contributed by atoms with van der Waals surface area (Å²) in [4.78, 5) is 33.4. The van der Waals surface area contributed by atoms with E-state index in [1.807, 2.05) is 11.8 Å². The Morgan fingerprint density at radius 2 is 2.09 bits per heavy atom. The van der Waals surface area contributed by atoms with E-state index in [1.165, 1.54) is 0 Å². The molecule has 7 heteroatoms. The van der Waals surface area contributed by atoms with Gasteiger partial charge in [0, 0.05) is 50.1 Å². The van der Waals surface area contributed by atoms with Crippen molar-refractivity contribution in [1.29, 1.82) is 0 Å². The quantitative estimate of drug-likeness (QED) is 0.764. The maximum Gasteiger partial charge on any atom is 0.254 e. The minimum absolute atomic E-state index is 0.0250. The number of hydrogen-bond acceptors (Lipinski definition) is 5. The molecule has 1 aromatic rings. The molecule has 1 unspecified atom stereocenters. The minimum Gasteiger partial charge on any atom is -0.340 e. The number of aryl methyl sites for hydroxylation is 1. The maximum atomic E-state index is 12.5. The highest BCUT2D eigenvalue weighted by Crippen LogP contribution is 2.32. The van der Waals surface area contributed by atoms with Crippen molar-refractivity contribution >= 4 is 17.7 Å². The number of carbonyl (C=O) groups excluding carboxylic acids is 1. The van der Waals surface area contributed by atoms with E-state index in [1.54, 1.807) is 22.4 Å². The summed E-state index contributed by atoms with van der Waals surface area (Å²) >= 11 is 1.58. The fraction of sp³-hybridized carbons (Fsp3) is 0.667. The zero-order valence-corrected chi connectivity index (χ0v) is 13.9. The number of hydrogen-bond donors (Lipinski definition) is 0. The summed E-state index contributed by atoms with van der Waals surface area (Å²) in [6, 6.07) is 1.54. The highest BCUT2D eigenvalue weighted by atomic mass is 32.2. The van der Waals surface area contributed by atoms with Crippen molar-refractivity contribution < 1.29 is 4.79 Å². The van der Waals surface area contributed by atoms with Gasteiger partial charge in [0.1, 0.15) is 0 Å². The first kappa shape index (κ1) is 15.6. The third kappa shape index (κ3) is 3.05. The number of aromatic nitrogens is 2. The zero-order valence-electron chi connectivity index (χ0n) is 13.1. The van der Waals surface area contributed by atoms with Crippen LogP contribution >= 0.6 is 11.8 Å². The van der Waals surface area contributed by atoms with Crippen LogP contribution in [0.1, 0.15) is 25.1 Å². The molecule has 2 aliphatic heterocycles. The van der Waals surface area contributed by atoms with Crippen LogP contribution in [0.15, 0.2) is 16.0 Å². The molecule has 1 aromatic heterocycles. The third-order valence-electron chi connectivity index (χ3n) is 4.37. The van der Waals surface area contributed by atoms with Crippen LogP contribution in [0.25, 0.3) is 0 Å². The Kier molecular flexibility index (Phi) is 4.54. The van der Waals surface area contributed by atoms with Crippen molar-refractivity contribution in [1.82, 2.24) is 19.4 Å². The molecule has 0 aliphatic carbocycles. The molecule has 1 fully saturated rings. The molecule has 1 saturated heterocycles. The van der Waals surface area contributed by atoms with Crippen molar-refractivity contribution in [3.8, 4) is 0 Å². The van der Waals surface area contributed by atoms with Crippen LogP contribution in [-0.2, 0) is 11.2 Å². The average molecular weight is 322 g/mol. The number of likely N-dealkylation sites (N-methyl/N-ethyl adjacent to an activating group) is 1. The number of piperazine rings is 1. The van der Waals surface area contributed by atoms with E-state index in [-0.39, 0.29) is 17.5 Å². The first-order valence-electron chi connectivity index (χ1n) is 7.80. The van der Waals surface area contributed by atoms with Crippen LogP contribution in [0.4, 0.5) is 0 Å². The van der Waals surface area contributed by atoms with Gasteiger partial charge in [-0.2, -0.15) is 0 Å². The second-order valence-electron chi connectivity index (χ2n) is 5.94. The van der Waals surface area contributed by atoms with Gasteiger partial charge in [-0.25, -0.2) is 4.98 Å². The Balaban J connectivity index is 1.71. The molecule has 1 amide bonds. The first-order chi connectivity index (χ1) is 10.6. The van der Waals surface area contributed by atoms with Gasteiger partial charge in [-0.15, -0.1) is 0 Å². The van der Waals surface area contributed by atoms with Crippen molar-refractivity contribution in [2.24, 2.45) is 0 Å². The molecule has 0 spiro atoms. The summed E-state index contributed by atoms with van der Waals surface area (Å²) in [6.07, 6.45) is 1.16. The highest BCUT2D eigenvalue weighted by Gasteiger charge is 2.29. The standard InChI is InChI=1S/C15H22N4O2S/c1-3-11-8-14(21)19-12(10-22-15(19)16-11)9-13(20)18-6-4-17(2)5-7-18/h8,12H,3-7,9-10H2,1-2H3. The van der Waals surface area contributed by atoms with E-state index in [9.17, 15) is 9.59 Å². The number of nitrogens with zero attached hydrogens (tertiary/aromatic N) is 4. The number of amides is 1. The van der Waals surface area contributed by atoms with Gasteiger partial charge in [0.25, 0.3) is 5.56 Å². The SMILES string of the molecule is CCc1cc(=O)n2c(n1)SCC2CC(=O)N1CCN(C)CC1. The van der Waals surface area contributed by atoms with E-state index >= 15 is 0 Å². The summed E-state index contributed by atoms with van der Waals surface area (Å²) in [5.41, 5.74) is 0.804. The topological polar surface area (TPSA) is 58.4 Å². The zero-order chi connectivity index (χ0) is 15.7. The van der Waals surface area contributed by atoms with Crippen molar-refractivity contribution in [2.75, 3.05) is 39.0 Å². The first-order valence-corrected chi connectivity index (χ1v) is 8.78. The van der Waals surface area contributed by atoms with Crippen molar-refractivity contribution in [2.45, 2.75) is 31.0 Å². The molecular formula is C15H22N4O2S. The lowest BCUT2D eigenvalue weighted by Crippen LogP contribution is -2.47. The Morgan fingerprint density at radius 3 is 2.77 bits per heavy atom. The maximum absolute atomic E-state index is 12.5. The summed E-state index contributed by atoms with van der Waals surface area (Å²) in [5.74, 6) is 0.910. The molecule has 3 heterocycles. The van der Waals surface area contributed by atoms with Gasteiger partial charge in [0.15, 0.2) is 5.16 Å².